The van der Waals surface area contributed by atoms with Crippen molar-refractivity contribution in [2.24, 2.45) is 0 Å². The minimum Gasteiger partial charge on any atom is -0.334 e. The molecule has 4 aromatic rings. The van der Waals surface area contributed by atoms with Gasteiger partial charge in [-0.15, -0.1) is 0 Å². The summed E-state index contributed by atoms with van der Waals surface area (Å²) in [5.74, 6) is 0.341. The van der Waals surface area contributed by atoms with E-state index in [9.17, 15) is 9.18 Å². The van der Waals surface area contributed by atoms with E-state index >= 15 is 0 Å². The van der Waals surface area contributed by atoms with Gasteiger partial charge in [0.15, 0.2) is 0 Å². The molecular weight excluding hydrogens is 443 g/mol. The number of nitrogens with one attached hydrogen (secondary N) is 1. The SMILES string of the molecule is CC1=C(c2nc(-c3cccc(C)c3)no2)C(c2cccc(F)c2)NC(=O)N1Cc1ccc(C)cc1. The summed E-state index contributed by atoms with van der Waals surface area (Å²) >= 11 is 0. The molecule has 5 rings (SSSR count). The van der Waals surface area contributed by atoms with Crippen molar-refractivity contribution in [3.8, 4) is 11.4 Å². The predicted molar refractivity (Wildman–Crippen MR) is 131 cm³/mol. The quantitative estimate of drug-likeness (QED) is 0.379. The molecule has 0 bridgehead atoms. The number of urea groups is 1. The summed E-state index contributed by atoms with van der Waals surface area (Å²) in [5, 5.41) is 7.21. The van der Waals surface area contributed by atoms with E-state index in [4.69, 9.17) is 4.52 Å². The van der Waals surface area contributed by atoms with Crippen molar-refractivity contribution >= 4 is 11.6 Å². The number of rotatable bonds is 5. The number of nitrogens with zero attached hydrogens (tertiary/aromatic N) is 3. The molecule has 0 saturated carbocycles. The number of amides is 2. The molecule has 2 heterocycles. The van der Waals surface area contributed by atoms with Crippen LogP contribution in [-0.2, 0) is 6.54 Å². The minimum absolute atomic E-state index is 0.278. The lowest BCUT2D eigenvalue weighted by Crippen LogP contribution is -2.45. The maximum absolute atomic E-state index is 14.1. The first-order valence-corrected chi connectivity index (χ1v) is 11.4. The smallest absolute Gasteiger partial charge is 0.322 e. The van der Waals surface area contributed by atoms with Crippen LogP contribution in [-0.4, -0.2) is 21.1 Å². The standard InChI is InChI=1S/C28H25FN4O2/c1-17-10-12-20(13-11-17)16-33-19(3)24(25(30-28(33)34)21-7-5-9-23(29)15-21)27-31-26(32-35-27)22-8-4-6-18(2)14-22/h4-15,25H,16H2,1-3H3,(H,30,34). The Kier molecular flexibility index (Phi) is 5.91. The average Bonchev–Trinajstić information content (AvgIpc) is 3.32. The van der Waals surface area contributed by atoms with Crippen LogP contribution in [0.2, 0.25) is 0 Å². The van der Waals surface area contributed by atoms with Crippen LogP contribution in [0.4, 0.5) is 9.18 Å². The van der Waals surface area contributed by atoms with Crippen molar-refractivity contribution in [3.05, 3.63) is 112 Å². The third-order valence-electron chi connectivity index (χ3n) is 6.17. The summed E-state index contributed by atoms with van der Waals surface area (Å²) in [5.41, 5.74) is 5.94. The van der Waals surface area contributed by atoms with Crippen LogP contribution >= 0.6 is 0 Å². The first-order valence-electron chi connectivity index (χ1n) is 11.4. The molecule has 0 aliphatic carbocycles. The lowest BCUT2D eigenvalue weighted by molar-refractivity contribution is 0.203. The van der Waals surface area contributed by atoms with E-state index in [1.807, 2.05) is 69.3 Å². The predicted octanol–water partition coefficient (Wildman–Crippen LogP) is 6.19. The molecule has 3 aromatic carbocycles. The number of allylic oxidation sites excluding steroid dienone is 1. The highest BCUT2D eigenvalue weighted by molar-refractivity contribution is 5.86. The monoisotopic (exact) mass is 468 g/mol. The number of carbonyl (C=O) groups is 1. The third-order valence-corrected chi connectivity index (χ3v) is 6.17. The van der Waals surface area contributed by atoms with E-state index < -0.39 is 6.04 Å². The third kappa shape index (κ3) is 4.57. The summed E-state index contributed by atoms with van der Waals surface area (Å²) in [6.07, 6.45) is 0. The summed E-state index contributed by atoms with van der Waals surface area (Å²) in [6, 6.07) is 21.1. The van der Waals surface area contributed by atoms with Gasteiger partial charge < -0.3 is 9.84 Å². The molecule has 6 nitrogen and oxygen atoms in total. The molecule has 1 aliphatic rings. The van der Waals surface area contributed by atoms with Crippen molar-refractivity contribution in [1.29, 1.82) is 0 Å². The molecule has 1 atom stereocenters. The van der Waals surface area contributed by atoms with Crippen molar-refractivity contribution in [1.82, 2.24) is 20.4 Å². The van der Waals surface area contributed by atoms with E-state index in [2.05, 4.69) is 15.5 Å². The van der Waals surface area contributed by atoms with Gasteiger partial charge in [0, 0.05) is 11.3 Å². The molecule has 176 valence electrons. The second-order valence-electron chi connectivity index (χ2n) is 8.80. The maximum atomic E-state index is 14.1. The molecule has 7 heteroatoms. The number of hydrogen-bond donors (Lipinski definition) is 1. The second-order valence-corrected chi connectivity index (χ2v) is 8.80. The highest BCUT2D eigenvalue weighted by atomic mass is 19.1. The topological polar surface area (TPSA) is 71.3 Å². The molecule has 0 fully saturated rings. The maximum Gasteiger partial charge on any atom is 0.322 e. The zero-order valence-electron chi connectivity index (χ0n) is 19.7. The van der Waals surface area contributed by atoms with Crippen LogP contribution in [0.1, 0.15) is 41.1 Å². The van der Waals surface area contributed by atoms with Gasteiger partial charge in [-0.2, -0.15) is 4.98 Å². The summed E-state index contributed by atoms with van der Waals surface area (Å²) in [6.45, 7) is 6.24. The summed E-state index contributed by atoms with van der Waals surface area (Å²) in [7, 11) is 0. The fraction of sp³-hybridized carbons (Fsp3) is 0.179. The van der Waals surface area contributed by atoms with Crippen molar-refractivity contribution in [2.75, 3.05) is 0 Å². The first-order chi connectivity index (χ1) is 16.9. The Bertz CT molecular complexity index is 1420. The van der Waals surface area contributed by atoms with Gasteiger partial charge in [-0.25, -0.2) is 9.18 Å². The van der Waals surface area contributed by atoms with Crippen molar-refractivity contribution in [3.63, 3.8) is 0 Å². The number of benzene rings is 3. The summed E-state index contributed by atoms with van der Waals surface area (Å²) < 4.78 is 19.8. The molecule has 35 heavy (non-hydrogen) atoms. The normalized spacial score (nSPS) is 15.9. The number of aromatic nitrogens is 2. The molecule has 1 aliphatic heterocycles. The van der Waals surface area contributed by atoms with Gasteiger partial charge in [0.2, 0.25) is 5.82 Å². The van der Waals surface area contributed by atoms with Gasteiger partial charge in [0.1, 0.15) is 5.82 Å². The van der Waals surface area contributed by atoms with Crippen LogP contribution in [0.5, 0.6) is 0 Å². The van der Waals surface area contributed by atoms with Gasteiger partial charge >= 0.3 is 6.03 Å². The Morgan fingerprint density at radius 2 is 1.74 bits per heavy atom. The first kappa shape index (κ1) is 22.5. The van der Waals surface area contributed by atoms with E-state index in [0.717, 1.165) is 22.3 Å². The van der Waals surface area contributed by atoms with Crippen LogP contribution in [0.3, 0.4) is 0 Å². The van der Waals surface area contributed by atoms with Gasteiger partial charge in [0.25, 0.3) is 5.89 Å². The fourth-order valence-corrected chi connectivity index (χ4v) is 4.30. The zero-order valence-corrected chi connectivity index (χ0v) is 19.7. The molecule has 1 N–H and O–H groups in total. The molecule has 0 spiro atoms. The van der Waals surface area contributed by atoms with Gasteiger partial charge in [0.05, 0.1) is 18.2 Å². The van der Waals surface area contributed by atoms with Crippen LogP contribution < -0.4 is 5.32 Å². The Labute approximate surface area is 203 Å². The van der Waals surface area contributed by atoms with E-state index in [-0.39, 0.29) is 17.7 Å². The van der Waals surface area contributed by atoms with Gasteiger partial charge in [-0.1, -0.05) is 70.9 Å². The molecule has 0 saturated heterocycles. The Hall–Kier alpha value is -4.26. The Morgan fingerprint density at radius 3 is 2.49 bits per heavy atom. The number of hydrogen-bond acceptors (Lipinski definition) is 4. The molecular formula is C28H25FN4O2. The van der Waals surface area contributed by atoms with Gasteiger partial charge in [-0.3, -0.25) is 4.90 Å². The lowest BCUT2D eigenvalue weighted by Gasteiger charge is -2.35. The highest BCUT2D eigenvalue weighted by Gasteiger charge is 2.36. The van der Waals surface area contributed by atoms with E-state index in [1.165, 1.54) is 12.1 Å². The fourth-order valence-electron chi connectivity index (χ4n) is 4.30. The van der Waals surface area contributed by atoms with Crippen LogP contribution in [0.15, 0.2) is 83.0 Å². The number of halogens is 1. The molecule has 1 aromatic heterocycles. The number of aryl methyl sites for hydroxylation is 2. The summed E-state index contributed by atoms with van der Waals surface area (Å²) in [4.78, 5) is 19.5. The molecule has 1 unspecified atom stereocenters. The average molecular weight is 469 g/mol. The number of carbonyl (C=O) groups excluding carboxylic acids is 1. The van der Waals surface area contributed by atoms with Crippen LogP contribution in [0.25, 0.3) is 17.0 Å². The zero-order chi connectivity index (χ0) is 24.5. The second kappa shape index (κ2) is 9.18. The molecule has 0 radical (unpaired) electrons. The van der Waals surface area contributed by atoms with Gasteiger partial charge in [-0.05, 0) is 50.1 Å². The lowest BCUT2D eigenvalue weighted by atomic mass is 9.94. The van der Waals surface area contributed by atoms with Crippen molar-refractivity contribution < 1.29 is 13.7 Å². The highest BCUT2D eigenvalue weighted by Crippen LogP contribution is 2.38. The molecule has 2 amide bonds. The largest absolute Gasteiger partial charge is 0.334 e. The Morgan fingerprint density at radius 1 is 0.971 bits per heavy atom. The van der Waals surface area contributed by atoms with Crippen LogP contribution in [0, 0.1) is 19.7 Å². The van der Waals surface area contributed by atoms with E-state index in [1.54, 1.807) is 17.0 Å². The Balaban J connectivity index is 1.60. The van der Waals surface area contributed by atoms with Crippen molar-refractivity contribution in [2.45, 2.75) is 33.4 Å². The minimum atomic E-state index is -0.640. The van der Waals surface area contributed by atoms with E-state index in [0.29, 0.717) is 29.2 Å².